The van der Waals surface area contributed by atoms with Gasteiger partial charge in [0, 0.05) is 23.7 Å². The molecule has 1 aromatic heterocycles. The molecule has 3 fully saturated rings. The lowest BCUT2D eigenvalue weighted by Crippen LogP contribution is -2.11. The molecule has 5 nitrogen and oxygen atoms in total. The molecule has 0 amide bonds. The van der Waals surface area contributed by atoms with E-state index in [-0.39, 0.29) is 22.1 Å². The van der Waals surface area contributed by atoms with Gasteiger partial charge in [-0.15, -0.1) is 0 Å². The average Bonchev–Trinajstić information content (AvgIpc) is 3.47. The second-order valence-corrected chi connectivity index (χ2v) is 10.3. The van der Waals surface area contributed by atoms with E-state index in [0.717, 1.165) is 17.2 Å². The maximum absolute atomic E-state index is 11.5. The molecule has 0 saturated heterocycles. The van der Waals surface area contributed by atoms with Crippen LogP contribution in [-0.4, -0.2) is 13.4 Å². The van der Waals surface area contributed by atoms with E-state index in [2.05, 4.69) is 13.8 Å². The van der Waals surface area contributed by atoms with Crippen LogP contribution < -0.4 is 5.14 Å². The lowest BCUT2D eigenvalue weighted by Gasteiger charge is -2.04. The van der Waals surface area contributed by atoms with Crippen LogP contribution in [0.1, 0.15) is 86.1 Å². The molecule has 0 radical (unpaired) electrons. The predicted octanol–water partition coefficient (Wildman–Crippen LogP) is 3.98. The smallest absolute Gasteiger partial charge is 0.238 e. The van der Waals surface area contributed by atoms with Crippen molar-refractivity contribution in [2.24, 2.45) is 10.6 Å². The van der Waals surface area contributed by atoms with Crippen LogP contribution in [0, 0.1) is 5.41 Å². The maximum atomic E-state index is 11.5. The monoisotopic (exact) mass is 372 g/mol. The van der Waals surface area contributed by atoms with Gasteiger partial charge < -0.3 is 4.42 Å². The average molecular weight is 372 g/mol. The number of oxazole rings is 1. The molecule has 5 rings (SSSR count). The Balaban J connectivity index is 1.46. The normalized spacial score (nSPS) is 27.5. The summed E-state index contributed by atoms with van der Waals surface area (Å²) in [5.41, 5.74) is 2.38. The van der Waals surface area contributed by atoms with Crippen molar-refractivity contribution in [2.75, 3.05) is 0 Å². The SMILES string of the molecule is CC1(C)[C@H](c2ccc(S(N)(=O)=O)cc2)[C@H]1c1nc(C2CC2)c(C2CC2)o1. The molecular weight excluding hydrogens is 348 g/mol. The van der Waals surface area contributed by atoms with Crippen molar-refractivity contribution in [3.63, 3.8) is 0 Å². The van der Waals surface area contributed by atoms with Crippen LogP contribution in [0.3, 0.4) is 0 Å². The highest BCUT2D eigenvalue weighted by Gasteiger charge is 2.62. The van der Waals surface area contributed by atoms with E-state index in [4.69, 9.17) is 14.5 Å². The quantitative estimate of drug-likeness (QED) is 0.860. The molecule has 3 aliphatic rings. The van der Waals surface area contributed by atoms with E-state index in [1.807, 2.05) is 12.1 Å². The Hall–Kier alpha value is -1.66. The van der Waals surface area contributed by atoms with Crippen LogP contribution in [0.15, 0.2) is 33.6 Å². The number of sulfonamides is 1. The van der Waals surface area contributed by atoms with Crippen molar-refractivity contribution in [3.05, 3.63) is 47.2 Å². The maximum Gasteiger partial charge on any atom is 0.238 e. The molecule has 1 aromatic carbocycles. The van der Waals surface area contributed by atoms with Crippen LogP contribution in [0.4, 0.5) is 0 Å². The molecule has 138 valence electrons. The zero-order chi connectivity index (χ0) is 18.3. The van der Waals surface area contributed by atoms with Crippen LogP contribution in [0.5, 0.6) is 0 Å². The highest BCUT2D eigenvalue weighted by Crippen LogP contribution is 2.70. The Morgan fingerprint density at radius 2 is 1.65 bits per heavy atom. The van der Waals surface area contributed by atoms with E-state index in [0.29, 0.717) is 11.8 Å². The minimum Gasteiger partial charge on any atom is -0.445 e. The van der Waals surface area contributed by atoms with E-state index >= 15 is 0 Å². The number of hydrogen-bond acceptors (Lipinski definition) is 4. The summed E-state index contributed by atoms with van der Waals surface area (Å²) >= 11 is 0. The van der Waals surface area contributed by atoms with Crippen molar-refractivity contribution in [2.45, 2.75) is 68.1 Å². The summed E-state index contributed by atoms with van der Waals surface area (Å²) in [7, 11) is -3.66. The lowest BCUT2D eigenvalue weighted by molar-refractivity contribution is 0.436. The third kappa shape index (κ3) is 2.62. The van der Waals surface area contributed by atoms with Crippen molar-refractivity contribution >= 4 is 10.0 Å². The highest BCUT2D eigenvalue weighted by atomic mass is 32.2. The molecule has 2 atom stereocenters. The number of nitrogens with zero attached hydrogens (tertiary/aromatic N) is 1. The number of primary sulfonamides is 1. The van der Waals surface area contributed by atoms with Crippen LogP contribution in [0.2, 0.25) is 0 Å². The second-order valence-electron chi connectivity index (χ2n) is 8.74. The summed E-state index contributed by atoms with van der Waals surface area (Å²) in [5, 5.41) is 5.21. The Labute approximate surface area is 154 Å². The largest absolute Gasteiger partial charge is 0.445 e. The first kappa shape index (κ1) is 16.5. The predicted molar refractivity (Wildman–Crippen MR) is 97.5 cm³/mol. The van der Waals surface area contributed by atoms with Gasteiger partial charge in [0.1, 0.15) is 5.76 Å². The molecule has 1 heterocycles. The van der Waals surface area contributed by atoms with E-state index in [9.17, 15) is 8.42 Å². The van der Waals surface area contributed by atoms with Crippen LogP contribution >= 0.6 is 0 Å². The summed E-state index contributed by atoms with van der Waals surface area (Å²) in [6.45, 7) is 4.46. The van der Waals surface area contributed by atoms with Gasteiger partial charge >= 0.3 is 0 Å². The number of hydrogen-bond donors (Lipinski definition) is 1. The first-order chi connectivity index (χ1) is 12.3. The topological polar surface area (TPSA) is 86.2 Å². The molecule has 26 heavy (non-hydrogen) atoms. The Kier molecular flexibility index (Phi) is 3.30. The van der Waals surface area contributed by atoms with Crippen molar-refractivity contribution < 1.29 is 12.8 Å². The molecule has 0 unspecified atom stereocenters. The van der Waals surface area contributed by atoms with E-state index in [1.165, 1.54) is 31.4 Å². The van der Waals surface area contributed by atoms with E-state index < -0.39 is 10.0 Å². The van der Waals surface area contributed by atoms with Gasteiger partial charge in [-0.2, -0.15) is 0 Å². The fourth-order valence-electron chi connectivity index (χ4n) is 4.37. The standard InChI is InChI=1S/C20H24N2O3S/c1-20(2)15(11-7-9-14(10-8-11)26(21,23)24)16(20)19-22-17(12-3-4-12)18(25-19)13-5-6-13/h7-10,12-13,15-16H,3-6H2,1-2H3,(H2,21,23,24)/t15-,16+/m1/s1. The number of benzene rings is 1. The molecule has 0 spiro atoms. The number of aromatic nitrogens is 1. The zero-order valence-corrected chi connectivity index (χ0v) is 15.9. The number of rotatable bonds is 5. The lowest BCUT2D eigenvalue weighted by atomic mass is 10.0. The van der Waals surface area contributed by atoms with Gasteiger partial charge in [0.15, 0.2) is 5.89 Å². The minimum absolute atomic E-state index is 0.0512. The van der Waals surface area contributed by atoms with Crippen LogP contribution in [0.25, 0.3) is 0 Å². The zero-order valence-electron chi connectivity index (χ0n) is 15.1. The fourth-order valence-corrected chi connectivity index (χ4v) is 4.88. The molecule has 2 N–H and O–H groups in total. The molecule has 3 saturated carbocycles. The molecule has 2 aromatic rings. The second kappa shape index (κ2) is 5.20. The fraction of sp³-hybridized carbons (Fsp3) is 0.550. The molecule has 6 heteroatoms. The number of nitrogens with two attached hydrogens (primary N) is 1. The summed E-state index contributed by atoms with van der Waals surface area (Å²) in [4.78, 5) is 5.09. The van der Waals surface area contributed by atoms with Crippen molar-refractivity contribution in [1.82, 2.24) is 4.98 Å². The van der Waals surface area contributed by atoms with Crippen molar-refractivity contribution in [3.8, 4) is 0 Å². The molecule has 0 bridgehead atoms. The van der Waals surface area contributed by atoms with Gasteiger partial charge in [-0.25, -0.2) is 18.5 Å². The highest BCUT2D eigenvalue weighted by molar-refractivity contribution is 7.89. The molecule has 0 aliphatic heterocycles. The summed E-state index contributed by atoms with van der Waals surface area (Å²) < 4.78 is 29.3. The Morgan fingerprint density at radius 1 is 1.04 bits per heavy atom. The van der Waals surface area contributed by atoms with Gasteiger partial charge in [-0.05, 0) is 48.8 Å². The van der Waals surface area contributed by atoms with Crippen LogP contribution in [-0.2, 0) is 10.0 Å². The van der Waals surface area contributed by atoms with Gasteiger partial charge in [0.25, 0.3) is 0 Å². The Morgan fingerprint density at radius 3 is 2.19 bits per heavy atom. The summed E-state index contributed by atoms with van der Waals surface area (Å²) in [6.07, 6.45) is 4.91. The van der Waals surface area contributed by atoms with Crippen molar-refractivity contribution in [1.29, 1.82) is 0 Å². The third-order valence-electron chi connectivity index (χ3n) is 6.27. The van der Waals surface area contributed by atoms with E-state index in [1.54, 1.807) is 12.1 Å². The molecule has 3 aliphatic carbocycles. The summed E-state index contributed by atoms with van der Waals surface area (Å²) in [5.74, 6) is 3.74. The Bertz CT molecular complexity index is 937. The molecular formula is C20H24N2O3S. The third-order valence-corrected chi connectivity index (χ3v) is 7.20. The van der Waals surface area contributed by atoms with Gasteiger partial charge in [0.2, 0.25) is 10.0 Å². The van der Waals surface area contributed by atoms with Gasteiger partial charge in [-0.1, -0.05) is 26.0 Å². The minimum atomic E-state index is -3.66. The first-order valence-electron chi connectivity index (χ1n) is 9.40. The van der Waals surface area contributed by atoms with Gasteiger partial charge in [-0.3, -0.25) is 0 Å². The first-order valence-corrected chi connectivity index (χ1v) is 10.9. The summed E-state index contributed by atoms with van der Waals surface area (Å²) in [6, 6.07) is 6.94. The van der Waals surface area contributed by atoms with Gasteiger partial charge in [0.05, 0.1) is 10.6 Å².